The van der Waals surface area contributed by atoms with E-state index in [0.717, 1.165) is 24.1 Å². The Hall–Kier alpha value is -2.04. The number of piperazine rings is 1. The van der Waals surface area contributed by atoms with Gasteiger partial charge in [0.2, 0.25) is 6.41 Å². The number of benzene rings is 1. The molecular formula is C15H20N2O3. The predicted octanol–water partition coefficient (Wildman–Crippen LogP) is 1.17. The second-order valence-corrected chi connectivity index (χ2v) is 4.81. The van der Waals surface area contributed by atoms with E-state index in [4.69, 9.17) is 4.74 Å². The molecule has 1 aromatic rings. The summed E-state index contributed by atoms with van der Waals surface area (Å²) in [6, 6.07) is 5.54. The van der Waals surface area contributed by atoms with Gasteiger partial charge in [-0.15, -0.1) is 0 Å². The Labute approximate surface area is 119 Å². The summed E-state index contributed by atoms with van der Waals surface area (Å²) >= 11 is 0. The van der Waals surface area contributed by atoms with Gasteiger partial charge in [0.25, 0.3) is 5.91 Å². The maximum atomic E-state index is 12.4. The van der Waals surface area contributed by atoms with Crippen molar-refractivity contribution in [3.63, 3.8) is 0 Å². The number of hydrogen-bond donors (Lipinski definition) is 0. The van der Waals surface area contributed by atoms with Crippen LogP contribution in [0.1, 0.15) is 22.8 Å². The average molecular weight is 276 g/mol. The fraction of sp³-hybridized carbons (Fsp3) is 0.467. The lowest BCUT2D eigenvalue weighted by Gasteiger charge is -2.32. The van der Waals surface area contributed by atoms with E-state index < -0.39 is 0 Å². The minimum absolute atomic E-state index is 0.0212. The molecule has 0 N–H and O–H groups in total. The molecular weight excluding hydrogens is 256 g/mol. The Kier molecular flexibility index (Phi) is 4.61. The van der Waals surface area contributed by atoms with Gasteiger partial charge in [-0.25, -0.2) is 0 Å². The first-order valence-electron chi connectivity index (χ1n) is 6.85. The van der Waals surface area contributed by atoms with E-state index in [2.05, 4.69) is 0 Å². The Bertz CT molecular complexity index is 494. The standard InChI is InChI=1S/C15H20N2O3/c1-3-12-10-13(4-5-14(12)20-2)15(19)17-8-6-16(11-18)7-9-17/h4-5,10-11H,3,6-9H2,1-2H3. The van der Waals surface area contributed by atoms with Crippen molar-refractivity contribution in [2.45, 2.75) is 13.3 Å². The van der Waals surface area contributed by atoms with Gasteiger partial charge in [-0.2, -0.15) is 0 Å². The van der Waals surface area contributed by atoms with Gasteiger partial charge in [-0.1, -0.05) is 6.92 Å². The molecule has 1 aliphatic rings. The van der Waals surface area contributed by atoms with Crippen LogP contribution in [0.5, 0.6) is 5.75 Å². The molecule has 1 aromatic carbocycles. The molecule has 0 aromatic heterocycles. The number of nitrogens with zero attached hydrogens (tertiary/aromatic N) is 2. The van der Waals surface area contributed by atoms with E-state index in [1.165, 1.54) is 0 Å². The highest BCUT2D eigenvalue weighted by Crippen LogP contribution is 2.21. The van der Waals surface area contributed by atoms with Crippen LogP contribution in [0.15, 0.2) is 18.2 Å². The molecule has 1 heterocycles. The first-order valence-corrected chi connectivity index (χ1v) is 6.85. The molecule has 5 nitrogen and oxygen atoms in total. The van der Waals surface area contributed by atoms with Crippen LogP contribution in [0.2, 0.25) is 0 Å². The summed E-state index contributed by atoms with van der Waals surface area (Å²) in [6.07, 6.45) is 1.66. The molecule has 2 amide bonds. The number of methoxy groups -OCH3 is 1. The molecule has 108 valence electrons. The molecule has 0 unspecified atom stereocenters. The molecule has 1 saturated heterocycles. The number of carbonyl (C=O) groups excluding carboxylic acids is 2. The SMILES string of the molecule is CCc1cc(C(=O)N2CCN(C=O)CC2)ccc1OC. The van der Waals surface area contributed by atoms with Gasteiger partial charge in [0, 0.05) is 31.7 Å². The highest BCUT2D eigenvalue weighted by atomic mass is 16.5. The van der Waals surface area contributed by atoms with E-state index in [-0.39, 0.29) is 5.91 Å². The zero-order chi connectivity index (χ0) is 14.5. The number of carbonyl (C=O) groups is 2. The fourth-order valence-corrected chi connectivity index (χ4v) is 2.40. The highest BCUT2D eigenvalue weighted by molar-refractivity contribution is 5.94. The lowest BCUT2D eigenvalue weighted by Crippen LogP contribution is -2.48. The topological polar surface area (TPSA) is 49.9 Å². The molecule has 2 rings (SSSR count). The lowest BCUT2D eigenvalue weighted by molar-refractivity contribution is -0.119. The van der Waals surface area contributed by atoms with Gasteiger partial charge in [0.05, 0.1) is 7.11 Å². The van der Waals surface area contributed by atoms with Crippen LogP contribution in [0.25, 0.3) is 0 Å². The zero-order valence-corrected chi connectivity index (χ0v) is 12.0. The molecule has 1 fully saturated rings. The van der Waals surface area contributed by atoms with Gasteiger partial charge in [0.15, 0.2) is 0 Å². The van der Waals surface area contributed by atoms with Crippen LogP contribution in [0, 0.1) is 0 Å². The van der Waals surface area contributed by atoms with Crippen LogP contribution in [-0.2, 0) is 11.2 Å². The van der Waals surface area contributed by atoms with Crippen LogP contribution in [0.4, 0.5) is 0 Å². The van der Waals surface area contributed by atoms with Gasteiger partial charge >= 0.3 is 0 Å². The Morgan fingerprint density at radius 3 is 2.55 bits per heavy atom. The Morgan fingerprint density at radius 1 is 1.30 bits per heavy atom. The smallest absolute Gasteiger partial charge is 0.253 e. The molecule has 0 saturated carbocycles. The number of rotatable bonds is 4. The molecule has 0 aliphatic carbocycles. The molecule has 0 atom stereocenters. The highest BCUT2D eigenvalue weighted by Gasteiger charge is 2.21. The first kappa shape index (κ1) is 14.4. The van der Waals surface area contributed by atoms with E-state index in [9.17, 15) is 9.59 Å². The number of ether oxygens (including phenoxy) is 1. The van der Waals surface area contributed by atoms with Crippen LogP contribution < -0.4 is 4.74 Å². The van der Waals surface area contributed by atoms with Crippen molar-refractivity contribution in [1.82, 2.24) is 9.80 Å². The summed E-state index contributed by atoms with van der Waals surface area (Å²) in [5.41, 5.74) is 1.71. The summed E-state index contributed by atoms with van der Waals surface area (Å²) < 4.78 is 5.27. The third kappa shape index (κ3) is 2.92. The minimum Gasteiger partial charge on any atom is -0.496 e. The monoisotopic (exact) mass is 276 g/mol. The van der Waals surface area contributed by atoms with Crippen LogP contribution in [-0.4, -0.2) is 55.4 Å². The largest absolute Gasteiger partial charge is 0.496 e. The summed E-state index contributed by atoms with van der Waals surface area (Å²) in [5.74, 6) is 0.836. The summed E-state index contributed by atoms with van der Waals surface area (Å²) in [6.45, 7) is 4.42. The second-order valence-electron chi connectivity index (χ2n) is 4.81. The number of amides is 2. The van der Waals surface area contributed by atoms with Crippen molar-refractivity contribution in [2.75, 3.05) is 33.3 Å². The van der Waals surface area contributed by atoms with Crippen molar-refractivity contribution >= 4 is 12.3 Å². The normalized spacial score (nSPS) is 15.1. The maximum absolute atomic E-state index is 12.4. The summed E-state index contributed by atoms with van der Waals surface area (Å²) in [4.78, 5) is 26.6. The Balaban J connectivity index is 2.11. The molecule has 5 heteroatoms. The number of hydrogen-bond acceptors (Lipinski definition) is 3. The van der Waals surface area contributed by atoms with Crippen molar-refractivity contribution < 1.29 is 14.3 Å². The summed E-state index contributed by atoms with van der Waals surface area (Å²) in [7, 11) is 1.63. The molecule has 1 aliphatic heterocycles. The van der Waals surface area contributed by atoms with Gasteiger partial charge in [-0.3, -0.25) is 9.59 Å². The quantitative estimate of drug-likeness (QED) is 0.776. The zero-order valence-electron chi connectivity index (χ0n) is 12.0. The van der Waals surface area contributed by atoms with Crippen molar-refractivity contribution in [3.05, 3.63) is 29.3 Å². The number of aryl methyl sites for hydroxylation is 1. The Morgan fingerprint density at radius 2 is 2.00 bits per heavy atom. The lowest BCUT2D eigenvalue weighted by atomic mass is 10.1. The molecule has 0 spiro atoms. The average Bonchev–Trinajstić information content (AvgIpc) is 2.53. The van der Waals surface area contributed by atoms with Crippen molar-refractivity contribution in [2.24, 2.45) is 0 Å². The van der Waals surface area contributed by atoms with Gasteiger partial charge in [-0.05, 0) is 30.2 Å². The predicted molar refractivity (Wildman–Crippen MR) is 75.9 cm³/mol. The third-order valence-corrected chi connectivity index (χ3v) is 3.66. The van der Waals surface area contributed by atoms with E-state index in [0.29, 0.717) is 31.7 Å². The van der Waals surface area contributed by atoms with E-state index in [1.807, 2.05) is 19.1 Å². The van der Waals surface area contributed by atoms with Gasteiger partial charge in [0.1, 0.15) is 5.75 Å². The van der Waals surface area contributed by atoms with Crippen LogP contribution >= 0.6 is 0 Å². The van der Waals surface area contributed by atoms with Crippen molar-refractivity contribution in [3.8, 4) is 5.75 Å². The minimum atomic E-state index is 0.0212. The third-order valence-electron chi connectivity index (χ3n) is 3.66. The maximum Gasteiger partial charge on any atom is 0.253 e. The van der Waals surface area contributed by atoms with Crippen LogP contribution in [0.3, 0.4) is 0 Å². The summed E-state index contributed by atoms with van der Waals surface area (Å²) in [5, 5.41) is 0. The van der Waals surface area contributed by atoms with E-state index in [1.54, 1.807) is 23.0 Å². The van der Waals surface area contributed by atoms with Gasteiger partial charge < -0.3 is 14.5 Å². The fourth-order valence-electron chi connectivity index (χ4n) is 2.40. The second kappa shape index (κ2) is 6.41. The van der Waals surface area contributed by atoms with Crippen molar-refractivity contribution in [1.29, 1.82) is 0 Å². The first-order chi connectivity index (χ1) is 9.69. The molecule has 20 heavy (non-hydrogen) atoms. The molecule has 0 bridgehead atoms. The molecule has 0 radical (unpaired) electrons. The van der Waals surface area contributed by atoms with E-state index >= 15 is 0 Å².